The van der Waals surface area contributed by atoms with Crippen LogP contribution in [0.5, 0.6) is 5.75 Å². The lowest BCUT2D eigenvalue weighted by Crippen LogP contribution is -2.34. The number of carbonyl (C=O) groups excluding carboxylic acids is 2. The molecule has 2 rings (SSSR count). The number of methoxy groups -OCH3 is 1. The van der Waals surface area contributed by atoms with Gasteiger partial charge in [0.25, 0.3) is 0 Å². The molecule has 1 aromatic carbocycles. The molecular weight excluding hydrogens is 389 g/mol. The van der Waals surface area contributed by atoms with Gasteiger partial charge in [0.1, 0.15) is 5.75 Å². The van der Waals surface area contributed by atoms with Gasteiger partial charge in [-0.3, -0.25) is 9.59 Å². The van der Waals surface area contributed by atoms with Crippen molar-refractivity contribution in [1.29, 1.82) is 0 Å². The molecule has 0 radical (unpaired) electrons. The summed E-state index contributed by atoms with van der Waals surface area (Å²) in [5, 5.41) is -0.157. The van der Waals surface area contributed by atoms with Gasteiger partial charge in [-0.2, -0.15) is 0 Å². The molecule has 1 saturated heterocycles. The van der Waals surface area contributed by atoms with E-state index < -0.39 is 12.1 Å². The summed E-state index contributed by atoms with van der Waals surface area (Å²) in [6.07, 6.45) is -3.81. The lowest BCUT2D eigenvalue weighted by molar-refractivity contribution is -0.274. The molecule has 1 aliphatic heterocycles. The van der Waals surface area contributed by atoms with Gasteiger partial charge >= 0.3 is 12.3 Å². The Morgan fingerprint density at radius 3 is 2.63 bits per heavy atom. The van der Waals surface area contributed by atoms with E-state index in [4.69, 9.17) is 11.6 Å². The van der Waals surface area contributed by atoms with Crippen LogP contribution < -0.4 is 9.64 Å². The van der Waals surface area contributed by atoms with Gasteiger partial charge in [0.05, 0.1) is 12.1 Å². The lowest BCUT2D eigenvalue weighted by atomic mass is 10.2. The number of hydrogen-bond donors (Lipinski definition) is 0. The second-order valence-corrected chi connectivity index (χ2v) is 6.37. The quantitative estimate of drug-likeness (QED) is 0.676. The van der Waals surface area contributed by atoms with Crippen LogP contribution in [0.1, 0.15) is 19.3 Å². The van der Waals surface area contributed by atoms with Gasteiger partial charge in [0.2, 0.25) is 5.91 Å². The van der Waals surface area contributed by atoms with Crippen LogP contribution in [0, 0.1) is 0 Å². The number of benzene rings is 1. The highest BCUT2D eigenvalue weighted by Gasteiger charge is 2.32. The third kappa shape index (κ3) is 6.50. The molecule has 1 aliphatic rings. The molecular formula is C17H20ClF3N2O4. The Kier molecular flexibility index (Phi) is 7.18. The van der Waals surface area contributed by atoms with E-state index >= 15 is 0 Å². The Morgan fingerprint density at radius 1 is 1.26 bits per heavy atom. The number of carbonyl (C=O) groups is 2. The zero-order valence-electron chi connectivity index (χ0n) is 14.7. The van der Waals surface area contributed by atoms with E-state index in [9.17, 15) is 22.8 Å². The molecule has 1 aromatic rings. The van der Waals surface area contributed by atoms with Crippen molar-refractivity contribution in [2.75, 3.05) is 38.2 Å². The fraction of sp³-hybridized carbons (Fsp3) is 0.529. The maximum atomic E-state index is 12.3. The molecule has 1 amide bonds. The van der Waals surface area contributed by atoms with Gasteiger partial charge in [-0.25, -0.2) is 0 Å². The second kappa shape index (κ2) is 9.16. The van der Waals surface area contributed by atoms with E-state index in [-0.39, 0.29) is 29.7 Å². The fourth-order valence-electron chi connectivity index (χ4n) is 2.77. The first kappa shape index (κ1) is 21.1. The molecule has 1 fully saturated rings. The van der Waals surface area contributed by atoms with Crippen molar-refractivity contribution in [3.8, 4) is 5.75 Å². The van der Waals surface area contributed by atoms with Gasteiger partial charge in [-0.1, -0.05) is 11.6 Å². The van der Waals surface area contributed by atoms with Gasteiger partial charge in [0, 0.05) is 44.7 Å². The minimum absolute atomic E-state index is 0.0366. The van der Waals surface area contributed by atoms with E-state index in [1.165, 1.54) is 19.2 Å². The Morgan fingerprint density at radius 2 is 2.00 bits per heavy atom. The monoisotopic (exact) mass is 408 g/mol. The number of halogens is 4. The molecule has 6 nitrogen and oxygen atoms in total. The average Bonchev–Trinajstić information content (AvgIpc) is 2.78. The molecule has 0 saturated carbocycles. The highest BCUT2D eigenvalue weighted by Crippen LogP contribution is 2.33. The van der Waals surface area contributed by atoms with Crippen LogP contribution in [-0.2, 0) is 14.3 Å². The number of rotatable bonds is 6. The SMILES string of the molecule is COC(=O)CCCN1CCN(c2ccc(OC(F)(F)F)c(Cl)c2)CCC1=O. The van der Waals surface area contributed by atoms with Gasteiger partial charge < -0.3 is 19.3 Å². The first-order valence-electron chi connectivity index (χ1n) is 8.34. The van der Waals surface area contributed by atoms with Gasteiger partial charge in [0.15, 0.2) is 0 Å². The van der Waals surface area contributed by atoms with E-state index in [1.807, 2.05) is 4.90 Å². The summed E-state index contributed by atoms with van der Waals surface area (Å²) >= 11 is 5.89. The van der Waals surface area contributed by atoms with E-state index in [0.29, 0.717) is 38.3 Å². The Labute approximate surface area is 159 Å². The normalized spacial score (nSPS) is 15.5. The fourth-order valence-corrected chi connectivity index (χ4v) is 2.98. The van der Waals surface area contributed by atoms with Crippen molar-refractivity contribution in [2.45, 2.75) is 25.6 Å². The molecule has 0 unspecified atom stereocenters. The average molecular weight is 409 g/mol. The minimum atomic E-state index is -4.81. The van der Waals surface area contributed by atoms with Crippen molar-refractivity contribution >= 4 is 29.2 Å². The molecule has 0 spiro atoms. The molecule has 0 aliphatic carbocycles. The summed E-state index contributed by atoms with van der Waals surface area (Å²) in [5.74, 6) is -0.830. The highest BCUT2D eigenvalue weighted by molar-refractivity contribution is 6.32. The number of ether oxygens (including phenoxy) is 2. The van der Waals surface area contributed by atoms with Crippen LogP contribution in [-0.4, -0.2) is 56.4 Å². The smallest absolute Gasteiger partial charge is 0.469 e. The summed E-state index contributed by atoms with van der Waals surface area (Å²) in [7, 11) is 1.31. The minimum Gasteiger partial charge on any atom is -0.469 e. The lowest BCUT2D eigenvalue weighted by Gasteiger charge is -2.24. The van der Waals surface area contributed by atoms with Crippen LogP contribution >= 0.6 is 11.6 Å². The summed E-state index contributed by atoms with van der Waals surface area (Å²) in [6, 6.07) is 4.02. The summed E-state index contributed by atoms with van der Waals surface area (Å²) in [5.41, 5.74) is 0.610. The predicted molar refractivity (Wildman–Crippen MR) is 92.8 cm³/mol. The maximum Gasteiger partial charge on any atom is 0.573 e. The van der Waals surface area contributed by atoms with Crippen molar-refractivity contribution in [3.05, 3.63) is 23.2 Å². The van der Waals surface area contributed by atoms with Gasteiger partial charge in [-0.05, 0) is 24.6 Å². The largest absolute Gasteiger partial charge is 0.573 e. The standard InChI is InChI=1S/C17H20ClF3N2O4/c1-26-16(25)3-2-7-23-10-9-22(8-6-15(23)24)12-4-5-14(13(18)11-12)27-17(19,20)21/h4-5,11H,2-3,6-10H2,1H3. The number of hydrogen-bond acceptors (Lipinski definition) is 5. The molecule has 0 bridgehead atoms. The molecule has 0 N–H and O–H groups in total. The number of alkyl halides is 3. The van der Waals surface area contributed by atoms with Crippen LogP contribution in [0.4, 0.5) is 18.9 Å². The number of nitrogens with zero attached hydrogens (tertiary/aromatic N) is 2. The topological polar surface area (TPSA) is 59.1 Å². The Bertz CT molecular complexity index is 685. The van der Waals surface area contributed by atoms with E-state index in [2.05, 4.69) is 9.47 Å². The first-order chi connectivity index (χ1) is 12.7. The molecule has 0 atom stereocenters. The highest BCUT2D eigenvalue weighted by atomic mass is 35.5. The predicted octanol–water partition coefficient (Wildman–Crippen LogP) is 3.23. The Hall–Kier alpha value is -2.16. The summed E-state index contributed by atoms with van der Waals surface area (Å²) in [6.45, 7) is 1.81. The number of anilines is 1. The van der Waals surface area contributed by atoms with E-state index in [1.54, 1.807) is 4.90 Å². The maximum absolute atomic E-state index is 12.3. The van der Waals surface area contributed by atoms with Crippen molar-refractivity contribution in [1.82, 2.24) is 4.90 Å². The third-order valence-electron chi connectivity index (χ3n) is 4.13. The Balaban J connectivity index is 1.97. The van der Waals surface area contributed by atoms with Gasteiger partial charge in [-0.15, -0.1) is 13.2 Å². The van der Waals surface area contributed by atoms with Crippen molar-refractivity contribution in [2.24, 2.45) is 0 Å². The molecule has 150 valence electrons. The molecule has 10 heteroatoms. The zero-order chi connectivity index (χ0) is 20.0. The van der Waals surface area contributed by atoms with E-state index in [0.717, 1.165) is 6.07 Å². The first-order valence-corrected chi connectivity index (χ1v) is 8.72. The van der Waals surface area contributed by atoms with Crippen molar-refractivity contribution < 1.29 is 32.2 Å². The van der Waals surface area contributed by atoms with Crippen molar-refractivity contribution in [3.63, 3.8) is 0 Å². The van der Waals surface area contributed by atoms with Crippen LogP contribution in [0.3, 0.4) is 0 Å². The van der Waals surface area contributed by atoms with Crippen LogP contribution in [0.2, 0.25) is 5.02 Å². The molecule has 27 heavy (non-hydrogen) atoms. The number of esters is 1. The molecule has 1 heterocycles. The number of amides is 1. The van der Waals surface area contributed by atoms with Crippen LogP contribution in [0.15, 0.2) is 18.2 Å². The summed E-state index contributed by atoms with van der Waals surface area (Å²) in [4.78, 5) is 26.9. The molecule has 0 aromatic heterocycles. The summed E-state index contributed by atoms with van der Waals surface area (Å²) < 4.78 is 45.4. The second-order valence-electron chi connectivity index (χ2n) is 5.96. The zero-order valence-corrected chi connectivity index (χ0v) is 15.5. The third-order valence-corrected chi connectivity index (χ3v) is 4.43. The van der Waals surface area contributed by atoms with Crippen LogP contribution in [0.25, 0.3) is 0 Å².